The standard InChI is InChI=1S/C17H24N2O2/c1-4-9-18-15(14-8-6-5-7-12(14)2)11-19-16(20)10-13(3)17(19)21/h5-8,13,15,18H,4,9-11H2,1-3H3. The molecule has 0 bridgehead atoms. The van der Waals surface area contributed by atoms with Crippen LogP contribution in [0.5, 0.6) is 0 Å². The maximum Gasteiger partial charge on any atom is 0.232 e. The summed E-state index contributed by atoms with van der Waals surface area (Å²) in [6, 6.07) is 8.14. The summed E-state index contributed by atoms with van der Waals surface area (Å²) >= 11 is 0. The number of benzene rings is 1. The molecule has 1 fully saturated rings. The van der Waals surface area contributed by atoms with Crippen LogP contribution in [0.15, 0.2) is 24.3 Å². The first-order chi connectivity index (χ1) is 10.0. The molecule has 114 valence electrons. The van der Waals surface area contributed by atoms with E-state index in [1.54, 1.807) is 0 Å². The van der Waals surface area contributed by atoms with E-state index >= 15 is 0 Å². The highest BCUT2D eigenvalue weighted by Crippen LogP contribution is 2.24. The fourth-order valence-corrected chi connectivity index (χ4v) is 2.79. The minimum Gasteiger partial charge on any atom is -0.308 e. The van der Waals surface area contributed by atoms with Crippen molar-refractivity contribution in [1.29, 1.82) is 0 Å². The van der Waals surface area contributed by atoms with Gasteiger partial charge >= 0.3 is 0 Å². The summed E-state index contributed by atoms with van der Waals surface area (Å²) in [4.78, 5) is 25.5. The maximum atomic E-state index is 12.1. The molecule has 1 heterocycles. The molecule has 21 heavy (non-hydrogen) atoms. The molecule has 0 spiro atoms. The Bertz CT molecular complexity index is 527. The monoisotopic (exact) mass is 288 g/mol. The van der Waals surface area contributed by atoms with Crippen LogP contribution in [0.3, 0.4) is 0 Å². The summed E-state index contributed by atoms with van der Waals surface area (Å²) in [5.74, 6) is -0.275. The molecule has 0 saturated carbocycles. The van der Waals surface area contributed by atoms with Crippen LogP contribution in [0.25, 0.3) is 0 Å². The Kier molecular flexibility index (Phi) is 5.12. The van der Waals surface area contributed by atoms with Gasteiger partial charge in [-0.3, -0.25) is 14.5 Å². The SMILES string of the molecule is CCCNC(CN1C(=O)CC(C)C1=O)c1ccccc1C. The average Bonchev–Trinajstić information content (AvgIpc) is 2.70. The van der Waals surface area contributed by atoms with Crippen molar-refractivity contribution in [1.82, 2.24) is 10.2 Å². The molecular weight excluding hydrogens is 264 g/mol. The number of nitrogens with one attached hydrogen (secondary N) is 1. The Hall–Kier alpha value is -1.68. The zero-order chi connectivity index (χ0) is 15.4. The van der Waals surface area contributed by atoms with Gasteiger partial charge in [0.2, 0.25) is 11.8 Å². The molecule has 1 aromatic carbocycles. The van der Waals surface area contributed by atoms with Crippen molar-refractivity contribution in [2.45, 2.75) is 39.7 Å². The second-order valence-electron chi connectivity index (χ2n) is 5.81. The summed E-state index contributed by atoms with van der Waals surface area (Å²) in [5, 5.41) is 3.46. The number of hydrogen-bond donors (Lipinski definition) is 1. The number of amides is 2. The van der Waals surface area contributed by atoms with Crippen LogP contribution in [0, 0.1) is 12.8 Å². The van der Waals surface area contributed by atoms with E-state index in [2.05, 4.69) is 31.3 Å². The number of nitrogens with zero attached hydrogens (tertiary/aromatic N) is 1. The zero-order valence-corrected chi connectivity index (χ0v) is 13.1. The second kappa shape index (κ2) is 6.85. The van der Waals surface area contributed by atoms with Gasteiger partial charge in [-0.25, -0.2) is 0 Å². The van der Waals surface area contributed by atoms with Crippen molar-refractivity contribution >= 4 is 11.8 Å². The van der Waals surface area contributed by atoms with E-state index in [0.717, 1.165) is 18.5 Å². The summed E-state index contributed by atoms with van der Waals surface area (Å²) in [5.41, 5.74) is 2.34. The van der Waals surface area contributed by atoms with Crippen LogP contribution in [0.4, 0.5) is 0 Å². The van der Waals surface area contributed by atoms with Crippen LogP contribution in [-0.2, 0) is 9.59 Å². The van der Waals surface area contributed by atoms with Crippen LogP contribution in [0.2, 0.25) is 0 Å². The molecule has 1 N–H and O–H groups in total. The van der Waals surface area contributed by atoms with Crippen LogP contribution in [-0.4, -0.2) is 29.8 Å². The van der Waals surface area contributed by atoms with Gasteiger partial charge in [0.25, 0.3) is 0 Å². The van der Waals surface area contributed by atoms with Gasteiger partial charge in [-0.15, -0.1) is 0 Å². The van der Waals surface area contributed by atoms with Crippen LogP contribution in [0.1, 0.15) is 43.9 Å². The summed E-state index contributed by atoms with van der Waals surface area (Å²) < 4.78 is 0. The first-order valence-corrected chi connectivity index (χ1v) is 7.67. The molecule has 2 atom stereocenters. The number of hydrogen-bond acceptors (Lipinski definition) is 3. The number of carbonyl (C=O) groups excluding carboxylic acids is 2. The molecule has 0 aromatic heterocycles. The third-order valence-corrected chi connectivity index (χ3v) is 4.04. The Morgan fingerprint density at radius 2 is 2.05 bits per heavy atom. The molecule has 2 unspecified atom stereocenters. The largest absolute Gasteiger partial charge is 0.308 e. The zero-order valence-electron chi connectivity index (χ0n) is 13.1. The smallest absolute Gasteiger partial charge is 0.232 e. The fraction of sp³-hybridized carbons (Fsp3) is 0.529. The third kappa shape index (κ3) is 3.50. The number of rotatable bonds is 6. The molecule has 1 aliphatic heterocycles. The molecular formula is C17H24N2O2. The van der Waals surface area contributed by atoms with E-state index < -0.39 is 0 Å². The second-order valence-corrected chi connectivity index (χ2v) is 5.81. The van der Waals surface area contributed by atoms with Gasteiger partial charge in [0.1, 0.15) is 0 Å². The van der Waals surface area contributed by atoms with E-state index in [1.165, 1.54) is 10.5 Å². The third-order valence-electron chi connectivity index (χ3n) is 4.04. The molecule has 1 saturated heterocycles. The highest BCUT2D eigenvalue weighted by Gasteiger charge is 2.36. The number of aryl methyl sites for hydroxylation is 1. The number of likely N-dealkylation sites (tertiary alicyclic amines) is 1. The molecule has 1 aliphatic rings. The lowest BCUT2D eigenvalue weighted by Gasteiger charge is -2.25. The van der Waals surface area contributed by atoms with E-state index in [0.29, 0.717) is 13.0 Å². The van der Waals surface area contributed by atoms with E-state index in [9.17, 15) is 9.59 Å². The Balaban J connectivity index is 2.19. The summed E-state index contributed by atoms with van der Waals surface area (Å²) in [6.45, 7) is 7.28. The highest BCUT2D eigenvalue weighted by atomic mass is 16.2. The maximum absolute atomic E-state index is 12.1. The molecule has 2 rings (SSSR count). The molecule has 4 heteroatoms. The quantitative estimate of drug-likeness (QED) is 0.818. The number of carbonyl (C=O) groups is 2. The lowest BCUT2D eigenvalue weighted by molar-refractivity contribution is -0.139. The molecule has 4 nitrogen and oxygen atoms in total. The molecule has 0 radical (unpaired) electrons. The predicted molar refractivity (Wildman–Crippen MR) is 82.7 cm³/mol. The highest BCUT2D eigenvalue weighted by molar-refractivity contribution is 6.03. The Morgan fingerprint density at radius 1 is 1.33 bits per heavy atom. The van der Waals surface area contributed by atoms with Crippen LogP contribution < -0.4 is 5.32 Å². The van der Waals surface area contributed by atoms with Crippen molar-refractivity contribution in [2.24, 2.45) is 5.92 Å². The van der Waals surface area contributed by atoms with Gasteiger partial charge in [0, 0.05) is 18.9 Å². The Labute approximate surface area is 126 Å². The van der Waals surface area contributed by atoms with E-state index in [1.807, 2.05) is 19.1 Å². The molecule has 2 amide bonds. The predicted octanol–water partition coefficient (Wildman–Crippen LogP) is 2.43. The minimum atomic E-state index is -0.179. The van der Waals surface area contributed by atoms with E-state index in [-0.39, 0.29) is 23.8 Å². The first kappa shape index (κ1) is 15.7. The van der Waals surface area contributed by atoms with Crippen molar-refractivity contribution < 1.29 is 9.59 Å². The lowest BCUT2D eigenvalue weighted by atomic mass is 10.0. The average molecular weight is 288 g/mol. The normalized spacial score (nSPS) is 20.1. The van der Waals surface area contributed by atoms with Gasteiger partial charge in [-0.1, -0.05) is 38.1 Å². The lowest BCUT2D eigenvalue weighted by Crippen LogP contribution is -2.39. The van der Waals surface area contributed by atoms with Crippen molar-refractivity contribution in [2.75, 3.05) is 13.1 Å². The van der Waals surface area contributed by atoms with Crippen molar-refractivity contribution in [3.8, 4) is 0 Å². The van der Waals surface area contributed by atoms with Gasteiger partial charge in [-0.2, -0.15) is 0 Å². The van der Waals surface area contributed by atoms with E-state index in [4.69, 9.17) is 0 Å². The fourth-order valence-electron chi connectivity index (χ4n) is 2.79. The number of imide groups is 1. The van der Waals surface area contributed by atoms with Gasteiger partial charge < -0.3 is 5.32 Å². The van der Waals surface area contributed by atoms with Crippen molar-refractivity contribution in [3.63, 3.8) is 0 Å². The topological polar surface area (TPSA) is 49.4 Å². The van der Waals surface area contributed by atoms with Gasteiger partial charge in [-0.05, 0) is 31.0 Å². The summed E-state index contributed by atoms with van der Waals surface area (Å²) in [7, 11) is 0. The molecule has 0 aliphatic carbocycles. The first-order valence-electron chi connectivity index (χ1n) is 7.67. The minimum absolute atomic E-state index is 0.00403. The van der Waals surface area contributed by atoms with Gasteiger partial charge in [0.15, 0.2) is 0 Å². The summed E-state index contributed by atoms with van der Waals surface area (Å²) in [6.07, 6.45) is 1.35. The molecule has 1 aromatic rings. The van der Waals surface area contributed by atoms with Gasteiger partial charge in [0.05, 0.1) is 6.04 Å². The van der Waals surface area contributed by atoms with Crippen molar-refractivity contribution in [3.05, 3.63) is 35.4 Å². The Morgan fingerprint density at radius 3 is 2.62 bits per heavy atom. The van der Waals surface area contributed by atoms with Crippen LogP contribution >= 0.6 is 0 Å².